The Kier molecular flexibility index (Phi) is 10.2. The van der Waals surface area contributed by atoms with Gasteiger partial charge in [0.05, 0.1) is 22.9 Å². The molecule has 0 unspecified atom stereocenters. The van der Waals surface area contributed by atoms with Crippen LogP contribution in [-0.4, -0.2) is 55.1 Å². The number of thioether (sulfide) groups is 1. The minimum atomic E-state index is -1.12. The molecule has 0 saturated carbocycles. The molecule has 2 aliphatic heterocycles. The summed E-state index contributed by atoms with van der Waals surface area (Å²) >= 11 is 3.16. The van der Waals surface area contributed by atoms with E-state index in [1.54, 1.807) is 18.7 Å². The number of nitrogens with zero attached hydrogens (tertiary/aromatic N) is 4. The Balaban J connectivity index is 0.00000212. The number of aromatic nitrogens is 3. The lowest BCUT2D eigenvalue weighted by atomic mass is 9.77. The first kappa shape index (κ1) is 33.3. The van der Waals surface area contributed by atoms with Gasteiger partial charge in [0.15, 0.2) is 12.7 Å². The molecule has 5 heterocycles. The number of hydrogen-bond acceptors (Lipinski definition) is 6. The van der Waals surface area contributed by atoms with Crippen LogP contribution < -0.4 is 42.9 Å². The number of β-lactam (4-membered cyclic amide) rings is 1. The van der Waals surface area contributed by atoms with Crippen molar-refractivity contribution in [3.63, 3.8) is 0 Å². The molecule has 4 atom stereocenters. The highest BCUT2D eigenvalue weighted by Gasteiger charge is 2.60. The van der Waals surface area contributed by atoms with Crippen molar-refractivity contribution in [1.82, 2.24) is 9.47 Å². The number of aliphatic hydroxyl groups is 2. The van der Waals surface area contributed by atoms with Gasteiger partial charge in [-0.3, -0.25) is 4.79 Å². The number of halogens is 2. The van der Waals surface area contributed by atoms with Gasteiger partial charge in [-0.15, -0.1) is 0 Å². The predicted molar refractivity (Wildman–Crippen MR) is 154 cm³/mol. The molecular formula is C30H32Br2N4O5S2. The van der Waals surface area contributed by atoms with Gasteiger partial charge in [-0.1, -0.05) is 54.3 Å². The quantitative estimate of drug-likeness (QED) is 0.0934. The Morgan fingerprint density at radius 3 is 2.58 bits per heavy atom. The number of carbonyl (C=O) groups is 2. The maximum absolute atomic E-state index is 12.8. The fourth-order valence-corrected chi connectivity index (χ4v) is 8.48. The Morgan fingerprint density at radius 1 is 1.16 bits per heavy atom. The van der Waals surface area contributed by atoms with Gasteiger partial charge in [0, 0.05) is 29.2 Å². The van der Waals surface area contributed by atoms with Crippen LogP contribution in [0.4, 0.5) is 0 Å². The number of aliphatic hydroxyl groups excluding tert-OH is 2. The lowest BCUT2D eigenvalue weighted by Gasteiger charge is -2.46. The topological polar surface area (TPSA) is 111 Å². The van der Waals surface area contributed by atoms with E-state index in [0.29, 0.717) is 18.7 Å². The maximum atomic E-state index is 12.8. The highest BCUT2D eigenvalue weighted by atomic mass is 79.9. The molecule has 3 N–H and O–H groups in total. The zero-order valence-electron chi connectivity index (χ0n) is 23.7. The molecule has 1 aromatic carbocycles. The van der Waals surface area contributed by atoms with Gasteiger partial charge in [-0.2, -0.15) is 8.97 Å². The van der Waals surface area contributed by atoms with E-state index >= 15 is 0 Å². The van der Waals surface area contributed by atoms with Crippen LogP contribution in [0.1, 0.15) is 35.5 Å². The first-order valence-corrected chi connectivity index (χ1v) is 15.5. The number of rotatable bonds is 9. The van der Waals surface area contributed by atoms with Crippen LogP contribution in [0.2, 0.25) is 0 Å². The zero-order valence-corrected chi connectivity index (χ0v) is 28.5. The van der Waals surface area contributed by atoms with Gasteiger partial charge in [0.25, 0.3) is 6.33 Å². The molecule has 4 aromatic rings. The minimum absolute atomic E-state index is 0. The lowest BCUT2D eigenvalue weighted by molar-refractivity contribution is -0.697. The van der Waals surface area contributed by atoms with Crippen molar-refractivity contribution in [3.8, 4) is 0 Å². The molecule has 228 valence electrons. The van der Waals surface area contributed by atoms with Crippen molar-refractivity contribution < 1.29 is 67.8 Å². The third kappa shape index (κ3) is 5.71. The van der Waals surface area contributed by atoms with Crippen LogP contribution >= 0.6 is 23.1 Å². The first-order chi connectivity index (χ1) is 19.7. The van der Waals surface area contributed by atoms with Gasteiger partial charge in [0.1, 0.15) is 25.0 Å². The van der Waals surface area contributed by atoms with Crippen LogP contribution in [0.15, 0.2) is 71.9 Å². The van der Waals surface area contributed by atoms with E-state index in [-0.39, 0.29) is 64.1 Å². The summed E-state index contributed by atoms with van der Waals surface area (Å²) < 4.78 is 6.27. The molecule has 1 saturated heterocycles. The SMILES string of the molecule is CSc1c2sc(C3=C(C(=O)O)N4C(=O)[C@H]([C@@H](C)O)[C@H]4[C@H]3C)c[n+]2cn1Cc1cccc(C[n+]2ccccc2CO)c1.[Br-].[Br-]. The highest BCUT2D eigenvalue weighted by molar-refractivity contribution is 7.98. The third-order valence-corrected chi connectivity index (χ3v) is 10.2. The van der Waals surface area contributed by atoms with Crippen molar-refractivity contribution >= 4 is 45.4 Å². The standard InChI is InChI=1S/C30H31N4O5S2.2BrH/c1-17-23(26(30(38)39)34-25(17)24(18(2)36)27(34)37)22-14-33-16-32(28(40-3)29(33)41-22)13-20-8-6-7-19(11-20)12-31-10-5-4-9-21(31)15-35;;/h4-11,14,16-18,24-25,35-36H,12-13,15H2,1-3H3;2*1H/q+1;;/p-1/t17-,18+,24+,25+;;/m0../s1. The molecule has 0 bridgehead atoms. The fraction of sp³-hybridized carbons (Fsp3) is 0.333. The summed E-state index contributed by atoms with van der Waals surface area (Å²) in [5, 5.41) is 31.0. The summed E-state index contributed by atoms with van der Waals surface area (Å²) in [6, 6.07) is 13.9. The molecule has 43 heavy (non-hydrogen) atoms. The zero-order chi connectivity index (χ0) is 29.0. The molecule has 3 aromatic heterocycles. The van der Waals surface area contributed by atoms with Crippen LogP contribution in [0, 0.1) is 11.8 Å². The van der Waals surface area contributed by atoms with Gasteiger partial charge in [-0.05, 0) is 24.8 Å². The Hall–Kier alpha value is -2.55. The summed E-state index contributed by atoms with van der Waals surface area (Å²) in [5.74, 6) is -2.23. The molecule has 1 fully saturated rings. The summed E-state index contributed by atoms with van der Waals surface area (Å²) in [6.07, 6.45) is 7.16. The molecule has 9 nitrogen and oxygen atoms in total. The lowest BCUT2D eigenvalue weighted by Crippen LogP contribution is -3.00. The first-order valence-electron chi connectivity index (χ1n) is 13.5. The molecule has 13 heteroatoms. The van der Waals surface area contributed by atoms with E-state index in [1.165, 1.54) is 16.2 Å². The number of hydrogen-bond donors (Lipinski definition) is 3. The number of fused-ring (bicyclic) bond motifs is 2. The molecule has 2 aliphatic rings. The van der Waals surface area contributed by atoms with Gasteiger partial charge < -0.3 is 54.2 Å². The number of aliphatic carboxylic acids is 1. The smallest absolute Gasteiger partial charge is 0.352 e. The monoisotopic (exact) mass is 750 g/mol. The Bertz CT molecular complexity index is 1720. The number of carboxylic acids is 1. The van der Waals surface area contributed by atoms with E-state index in [4.69, 9.17) is 0 Å². The fourth-order valence-electron chi connectivity index (χ4n) is 6.30. The van der Waals surface area contributed by atoms with Crippen molar-refractivity contribution in [3.05, 3.63) is 88.6 Å². The predicted octanol–water partition coefficient (Wildman–Crippen LogP) is -3.45. The average Bonchev–Trinajstić information content (AvgIpc) is 3.56. The second-order valence-corrected chi connectivity index (χ2v) is 12.5. The molecule has 0 aliphatic carbocycles. The van der Waals surface area contributed by atoms with Gasteiger partial charge >= 0.3 is 5.97 Å². The van der Waals surface area contributed by atoms with Crippen LogP contribution in [0.5, 0.6) is 0 Å². The second-order valence-electron chi connectivity index (χ2n) is 10.7. The minimum Gasteiger partial charge on any atom is -1.00 e. The molecule has 0 radical (unpaired) electrons. The van der Waals surface area contributed by atoms with Gasteiger partial charge in [0.2, 0.25) is 21.5 Å². The summed E-state index contributed by atoms with van der Waals surface area (Å²) in [7, 11) is 0. The molecular weight excluding hydrogens is 720 g/mol. The van der Waals surface area contributed by atoms with Crippen LogP contribution in [0.25, 0.3) is 10.4 Å². The maximum Gasteiger partial charge on any atom is 0.352 e. The van der Waals surface area contributed by atoms with Crippen molar-refractivity contribution in [2.24, 2.45) is 11.8 Å². The number of pyridine rings is 1. The van der Waals surface area contributed by atoms with Crippen molar-refractivity contribution in [2.45, 2.75) is 50.7 Å². The molecule has 0 spiro atoms. The van der Waals surface area contributed by atoms with E-state index < -0.39 is 18.0 Å². The summed E-state index contributed by atoms with van der Waals surface area (Å²) in [4.78, 5) is 28.3. The van der Waals surface area contributed by atoms with Crippen molar-refractivity contribution in [2.75, 3.05) is 6.26 Å². The van der Waals surface area contributed by atoms with Crippen LogP contribution in [0.3, 0.4) is 0 Å². The van der Waals surface area contributed by atoms with E-state index in [0.717, 1.165) is 31.6 Å². The van der Waals surface area contributed by atoms with Crippen LogP contribution in [-0.2, 0) is 29.3 Å². The Labute approximate surface area is 278 Å². The van der Waals surface area contributed by atoms with E-state index in [2.05, 4.69) is 28.8 Å². The number of thiazole rings is 1. The van der Waals surface area contributed by atoms with Crippen molar-refractivity contribution in [1.29, 1.82) is 0 Å². The second kappa shape index (κ2) is 13.2. The highest BCUT2D eigenvalue weighted by Crippen LogP contribution is 2.51. The summed E-state index contributed by atoms with van der Waals surface area (Å²) in [5.41, 5.74) is 3.83. The normalized spacial score (nSPS) is 20.0. The average molecular weight is 753 g/mol. The molecule has 6 rings (SSSR count). The number of carboxylic acid groups (broad SMARTS) is 1. The number of amides is 1. The largest absolute Gasteiger partial charge is 1.00 e. The van der Waals surface area contributed by atoms with E-state index in [9.17, 15) is 24.9 Å². The van der Waals surface area contributed by atoms with Gasteiger partial charge in [-0.25, -0.2) is 9.36 Å². The molecule has 1 amide bonds. The Morgan fingerprint density at radius 2 is 1.91 bits per heavy atom. The van der Waals surface area contributed by atoms with E-state index in [1.807, 2.05) is 59.1 Å². The summed E-state index contributed by atoms with van der Waals surface area (Å²) in [6.45, 7) is 4.84. The number of benzene rings is 1. The number of carbonyl (C=O) groups excluding carboxylic acids is 1. The third-order valence-electron chi connectivity index (χ3n) is 8.13. The number of imidazole rings is 1.